The van der Waals surface area contributed by atoms with E-state index in [0.29, 0.717) is 11.8 Å². The number of hydrogen-bond acceptors (Lipinski definition) is 3. The predicted octanol–water partition coefficient (Wildman–Crippen LogP) is 3.53. The number of nitrogens with zero attached hydrogens (tertiary/aromatic N) is 1. The van der Waals surface area contributed by atoms with Crippen LogP contribution in [0.25, 0.3) is 0 Å². The minimum Gasteiger partial charge on any atom is -0.258 e. The summed E-state index contributed by atoms with van der Waals surface area (Å²) in [4.78, 5) is 10.9. The molecule has 3 nitrogen and oxygen atoms in total. The Morgan fingerprint density at radius 3 is 2.20 bits per heavy atom. The Kier molecular flexibility index (Phi) is 5.22. The maximum Gasteiger partial charge on any atom is 0.269 e. The topological polar surface area (TPSA) is 43.1 Å². The van der Waals surface area contributed by atoms with Crippen LogP contribution in [-0.4, -0.2) is 21.9 Å². The maximum absolute atomic E-state index is 10.4. The van der Waals surface area contributed by atoms with Crippen molar-refractivity contribution in [3.8, 4) is 0 Å². The van der Waals surface area contributed by atoms with Gasteiger partial charge in [0.25, 0.3) is 5.69 Å². The summed E-state index contributed by atoms with van der Waals surface area (Å²) in [7, 11) is 0. The van der Waals surface area contributed by atoms with E-state index in [1.54, 1.807) is 12.1 Å². The molecule has 0 aromatic heterocycles. The van der Waals surface area contributed by atoms with Gasteiger partial charge in [0.15, 0.2) is 0 Å². The molecule has 0 spiro atoms. The summed E-state index contributed by atoms with van der Waals surface area (Å²) in [6.07, 6.45) is 0. The van der Waals surface area contributed by atoms with E-state index in [1.807, 2.05) is 0 Å². The van der Waals surface area contributed by atoms with E-state index < -0.39 is 4.92 Å². The smallest absolute Gasteiger partial charge is 0.258 e. The molecule has 0 N–H and O–H groups in total. The third-order valence-corrected chi connectivity index (χ3v) is 4.02. The van der Waals surface area contributed by atoms with Gasteiger partial charge in [-0.3, -0.25) is 10.1 Å². The van der Waals surface area contributed by atoms with Gasteiger partial charge in [-0.25, -0.2) is 0 Å². The van der Waals surface area contributed by atoms with Crippen LogP contribution < -0.4 is 0 Å². The van der Waals surface area contributed by atoms with Crippen LogP contribution in [0, 0.1) is 10.1 Å². The molecule has 1 aromatic rings. The highest BCUT2D eigenvalue weighted by molar-refractivity contribution is 8.00. The number of nitro benzene ring substituents is 1. The number of nitro groups is 1. The summed E-state index contributed by atoms with van der Waals surface area (Å²) < 4.78 is 0. The van der Waals surface area contributed by atoms with Crippen molar-refractivity contribution in [2.45, 2.75) is 10.1 Å². The first kappa shape index (κ1) is 12.6. The number of thioether (sulfide) groups is 1. The van der Waals surface area contributed by atoms with E-state index in [9.17, 15) is 10.1 Å². The number of rotatable bonds is 5. The van der Waals surface area contributed by atoms with Crippen LogP contribution in [0.1, 0.15) is 0 Å². The van der Waals surface area contributed by atoms with E-state index in [0.717, 1.165) is 4.90 Å². The SMILES string of the molecule is O=[N+]([O-])c1ccc(SC(CCl)CCl)cc1. The van der Waals surface area contributed by atoms with Crippen molar-refractivity contribution in [3.05, 3.63) is 34.4 Å². The van der Waals surface area contributed by atoms with Gasteiger partial charge in [-0.05, 0) is 12.1 Å². The molecule has 0 aliphatic rings. The van der Waals surface area contributed by atoms with Crippen molar-refractivity contribution < 1.29 is 4.92 Å². The standard InChI is InChI=1S/C9H9Cl2NO2S/c10-5-9(6-11)15-8-3-1-7(2-4-8)12(13)14/h1-4,9H,5-6H2. The van der Waals surface area contributed by atoms with E-state index in [4.69, 9.17) is 23.2 Å². The molecule has 0 amide bonds. The van der Waals surface area contributed by atoms with Gasteiger partial charge in [0.05, 0.1) is 4.92 Å². The van der Waals surface area contributed by atoms with Crippen LogP contribution in [-0.2, 0) is 0 Å². The van der Waals surface area contributed by atoms with Gasteiger partial charge in [0.2, 0.25) is 0 Å². The van der Waals surface area contributed by atoms with Gasteiger partial charge in [-0.1, -0.05) is 0 Å². The lowest BCUT2D eigenvalue weighted by molar-refractivity contribution is -0.384. The molecule has 0 saturated heterocycles. The van der Waals surface area contributed by atoms with Gasteiger partial charge >= 0.3 is 0 Å². The molecule has 0 heterocycles. The van der Waals surface area contributed by atoms with Gasteiger partial charge in [-0.15, -0.1) is 35.0 Å². The van der Waals surface area contributed by atoms with Crippen molar-refractivity contribution in [1.82, 2.24) is 0 Å². The lowest BCUT2D eigenvalue weighted by Crippen LogP contribution is -2.05. The zero-order valence-corrected chi connectivity index (χ0v) is 10.1. The first-order chi connectivity index (χ1) is 7.17. The monoisotopic (exact) mass is 265 g/mol. The molecule has 0 atom stereocenters. The molecule has 0 bridgehead atoms. The van der Waals surface area contributed by atoms with Crippen LogP contribution in [0.3, 0.4) is 0 Å². The highest BCUT2D eigenvalue weighted by Crippen LogP contribution is 2.26. The van der Waals surface area contributed by atoms with Crippen LogP contribution in [0.5, 0.6) is 0 Å². The fourth-order valence-corrected chi connectivity index (χ4v) is 2.46. The third-order valence-electron chi connectivity index (χ3n) is 1.69. The highest BCUT2D eigenvalue weighted by Gasteiger charge is 2.09. The molecule has 0 fully saturated rings. The summed E-state index contributed by atoms with van der Waals surface area (Å²) >= 11 is 12.9. The lowest BCUT2D eigenvalue weighted by atomic mass is 10.3. The lowest BCUT2D eigenvalue weighted by Gasteiger charge is -2.08. The number of hydrogen-bond donors (Lipinski definition) is 0. The predicted molar refractivity (Wildman–Crippen MR) is 64.2 cm³/mol. The Balaban J connectivity index is 2.67. The summed E-state index contributed by atoms with van der Waals surface area (Å²) in [6.45, 7) is 0. The molecule has 1 aromatic carbocycles. The highest BCUT2D eigenvalue weighted by atomic mass is 35.5. The molecule has 82 valence electrons. The molecule has 0 radical (unpaired) electrons. The maximum atomic E-state index is 10.4. The number of non-ortho nitro benzene ring substituents is 1. The molecule has 6 heteroatoms. The van der Waals surface area contributed by atoms with Gasteiger partial charge < -0.3 is 0 Å². The van der Waals surface area contributed by atoms with E-state index in [1.165, 1.54) is 23.9 Å². The molecule has 15 heavy (non-hydrogen) atoms. The normalized spacial score (nSPS) is 10.6. The van der Waals surface area contributed by atoms with Crippen molar-refractivity contribution in [2.24, 2.45) is 0 Å². The van der Waals surface area contributed by atoms with Gasteiger partial charge in [0.1, 0.15) is 0 Å². The number of alkyl halides is 2. The second-order valence-corrected chi connectivity index (χ2v) is 4.79. The summed E-state index contributed by atoms with van der Waals surface area (Å²) in [5, 5.41) is 10.5. The Morgan fingerprint density at radius 1 is 1.27 bits per heavy atom. The van der Waals surface area contributed by atoms with Crippen LogP contribution >= 0.6 is 35.0 Å². The minimum absolute atomic E-state index is 0.0904. The van der Waals surface area contributed by atoms with Crippen molar-refractivity contribution in [3.63, 3.8) is 0 Å². The second kappa shape index (κ2) is 6.20. The quantitative estimate of drug-likeness (QED) is 0.354. The minimum atomic E-state index is -0.422. The molecular weight excluding hydrogens is 257 g/mol. The van der Waals surface area contributed by atoms with Gasteiger partial charge in [-0.2, -0.15) is 0 Å². The molecule has 0 aliphatic heterocycles. The Morgan fingerprint density at radius 2 is 1.80 bits per heavy atom. The number of halogens is 2. The van der Waals surface area contributed by atoms with E-state index >= 15 is 0 Å². The van der Waals surface area contributed by atoms with Crippen LogP contribution in [0.2, 0.25) is 0 Å². The molecule has 0 unspecified atom stereocenters. The van der Waals surface area contributed by atoms with Crippen molar-refractivity contribution in [1.29, 1.82) is 0 Å². The first-order valence-corrected chi connectivity index (χ1v) is 6.15. The van der Waals surface area contributed by atoms with Gasteiger partial charge in [0, 0.05) is 34.0 Å². The fourth-order valence-electron chi connectivity index (χ4n) is 0.943. The fraction of sp³-hybridized carbons (Fsp3) is 0.333. The zero-order chi connectivity index (χ0) is 11.3. The summed E-state index contributed by atoms with van der Waals surface area (Å²) in [5.74, 6) is 0.927. The summed E-state index contributed by atoms with van der Waals surface area (Å²) in [6, 6.07) is 6.35. The number of benzene rings is 1. The Hall–Kier alpha value is -0.450. The Labute approximate surface area is 102 Å². The molecular formula is C9H9Cl2NO2S. The van der Waals surface area contributed by atoms with Crippen molar-refractivity contribution >= 4 is 40.7 Å². The van der Waals surface area contributed by atoms with E-state index in [-0.39, 0.29) is 10.9 Å². The van der Waals surface area contributed by atoms with E-state index in [2.05, 4.69) is 0 Å². The molecule has 0 aliphatic carbocycles. The van der Waals surface area contributed by atoms with Crippen LogP contribution in [0.4, 0.5) is 5.69 Å². The molecule has 1 rings (SSSR count). The van der Waals surface area contributed by atoms with Crippen LogP contribution in [0.15, 0.2) is 29.2 Å². The average Bonchev–Trinajstić information content (AvgIpc) is 2.26. The second-order valence-electron chi connectivity index (χ2n) is 2.80. The average molecular weight is 266 g/mol. The summed E-state index contributed by atoms with van der Waals surface area (Å²) in [5.41, 5.74) is 0.0904. The molecule has 0 saturated carbocycles. The first-order valence-electron chi connectivity index (χ1n) is 4.20. The Bertz CT molecular complexity index is 327. The zero-order valence-electron chi connectivity index (χ0n) is 7.73. The van der Waals surface area contributed by atoms with Crippen molar-refractivity contribution in [2.75, 3.05) is 11.8 Å². The largest absolute Gasteiger partial charge is 0.269 e. The third kappa shape index (κ3) is 3.89.